The van der Waals surface area contributed by atoms with E-state index in [-0.39, 0.29) is 0 Å². The SMILES string of the molecule is CC=Nc1sc(/C=C\C)c(/C=C\C)c1/C=C\C. The minimum atomic E-state index is 1.08. The van der Waals surface area contributed by atoms with Crippen LogP contribution in [-0.2, 0) is 0 Å². The summed E-state index contributed by atoms with van der Waals surface area (Å²) in [6.07, 6.45) is 14.5. The monoisotopic (exact) mass is 245 g/mol. The molecule has 17 heavy (non-hydrogen) atoms. The van der Waals surface area contributed by atoms with Crippen molar-refractivity contribution >= 4 is 40.8 Å². The Labute approximate surface area is 108 Å². The van der Waals surface area contributed by atoms with Crippen LogP contribution in [0.25, 0.3) is 18.2 Å². The molecule has 2 heteroatoms. The van der Waals surface area contributed by atoms with E-state index in [1.807, 2.05) is 33.9 Å². The first-order chi connectivity index (χ1) is 8.28. The summed E-state index contributed by atoms with van der Waals surface area (Å²) < 4.78 is 0. The Balaban J connectivity index is 3.47. The van der Waals surface area contributed by atoms with Gasteiger partial charge in [-0.1, -0.05) is 30.4 Å². The highest BCUT2D eigenvalue weighted by Crippen LogP contribution is 2.38. The summed E-state index contributed by atoms with van der Waals surface area (Å²) in [6.45, 7) is 8.06. The van der Waals surface area contributed by atoms with Crippen LogP contribution in [-0.4, -0.2) is 6.21 Å². The van der Waals surface area contributed by atoms with Gasteiger partial charge in [-0.15, -0.1) is 11.3 Å². The summed E-state index contributed by atoms with van der Waals surface area (Å²) in [5, 5.41) is 1.08. The second-order valence-corrected chi connectivity index (χ2v) is 4.52. The summed E-state index contributed by atoms with van der Waals surface area (Å²) in [7, 11) is 0. The maximum absolute atomic E-state index is 4.45. The van der Waals surface area contributed by atoms with E-state index in [9.17, 15) is 0 Å². The maximum Gasteiger partial charge on any atom is 0.123 e. The van der Waals surface area contributed by atoms with Gasteiger partial charge in [0.15, 0.2) is 0 Å². The first kappa shape index (κ1) is 13.7. The summed E-state index contributed by atoms with van der Waals surface area (Å²) in [4.78, 5) is 5.71. The highest BCUT2D eigenvalue weighted by molar-refractivity contribution is 7.17. The molecular weight excluding hydrogens is 226 g/mol. The fourth-order valence-corrected chi connectivity index (χ4v) is 2.76. The highest BCUT2D eigenvalue weighted by atomic mass is 32.1. The number of thiophene rings is 1. The van der Waals surface area contributed by atoms with Crippen molar-refractivity contribution in [3.05, 3.63) is 34.2 Å². The largest absolute Gasteiger partial charge is 0.250 e. The van der Waals surface area contributed by atoms with Gasteiger partial charge in [0.25, 0.3) is 0 Å². The molecule has 0 atom stereocenters. The summed E-state index contributed by atoms with van der Waals surface area (Å²) in [5.74, 6) is 0. The van der Waals surface area contributed by atoms with Gasteiger partial charge in [0.1, 0.15) is 5.00 Å². The summed E-state index contributed by atoms with van der Waals surface area (Å²) in [6, 6.07) is 0. The average molecular weight is 245 g/mol. The second-order valence-electron chi connectivity index (χ2n) is 3.49. The zero-order valence-corrected chi connectivity index (χ0v) is 11.7. The molecule has 0 saturated heterocycles. The zero-order chi connectivity index (χ0) is 12.7. The number of hydrogen-bond acceptors (Lipinski definition) is 2. The fraction of sp³-hybridized carbons (Fsp3) is 0.267. The number of hydrogen-bond donors (Lipinski definition) is 0. The van der Waals surface area contributed by atoms with Crippen molar-refractivity contribution in [3.63, 3.8) is 0 Å². The predicted octanol–water partition coefficient (Wildman–Crippen LogP) is 5.57. The molecule has 90 valence electrons. The molecule has 0 fully saturated rings. The van der Waals surface area contributed by atoms with Gasteiger partial charge in [0.05, 0.1) is 0 Å². The van der Waals surface area contributed by atoms with Crippen LogP contribution in [0.2, 0.25) is 0 Å². The first-order valence-corrected chi connectivity index (χ1v) is 6.63. The molecule has 0 aliphatic heterocycles. The Kier molecular flexibility index (Phi) is 5.64. The lowest BCUT2D eigenvalue weighted by Gasteiger charge is -1.96. The van der Waals surface area contributed by atoms with Crippen molar-refractivity contribution in [1.82, 2.24) is 0 Å². The van der Waals surface area contributed by atoms with Crippen molar-refractivity contribution in [2.75, 3.05) is 0 Å². The van der Waals surface area contributed by atoms with E-state index in [0.29, 0.717) is 0 Å². The molecular formula is C15H19NS. The molecule has 0 amide bonds. The third-order valence-electron chi connectivity index (χ3n) is 2.22. The molecule has 0 spiro atoms. The van der Waals surface area contributed by atoms with E-state index in [4.69, 9.17) is 0 Å². The fourth-order valence-electron chi connectivity index (χ4n) is 1.62. The lowest BCUT2D eigenvalue weighted by molar-refractivity contribution is 1.59. The molecule has 0 radical (unpaired) electrons. The molecule has 0 N–H and O–H groups in total. The van der Waals surface area contributed by atoms with Gasteiger partial charge >= 0.3 is 0 Å². The molecule has 1 aromatic heterocycles. The van der Waals surface area contributed by atoms with Crippen molar-refractivity contribution < 1.29 is 0 Å². The van der Waals surface area contributed by atoms with Gasteiger partial charge in [-0.2, -0.15) is 0 Å². The molecule has 0 aromatic carbocycles. The lowest BCUT2D eigenvalue weighted by Crippen LogP contribution is -1.76. The maximum atomic E-state index is 4.45. The Morgan fingerprint density at radius 3 is 1.94 bits per heavy atom. The number of aliphatic imine (C=N–C) groups is 1. The third kappa shape index (κ3) is 3.27. The second kappa shape index (κ2) is 7.02. The average Bonchev–Trinajstić information content (AvgIpc) is 2.61. The van der Waals surface area contributed by atoms with Crippen LogP contribution >= 0.6 is 11.3 Å². The number of allylic oxidation sites excluding steroid dienone is 3. The van der Waals surface area contributed by atoms with Crippen LogP contribution in [0, 0.1) is 0 Å². The van der Waals surface area contributed by atoms with Crippen molar-refractivity contribution in [2.24, 2.45) is 4.99 Å². The van der Waals surface area contributed by atoms with Gasteiger partial charge in [-0.25, -0.2) is 4.99 Å². The summed E-state index contributed by atoms with van der Waals surface area (Å²) >= 11 is 1.73. The van der Waals surface area contributed by atoms with E-state index in [0.717, 1.165) is 5.00 Å². The molecule has 1 nitrogen and oxygen atoms in total. The molecule has 0 aliphatic carbocycles. The van der Waals surface area contributed by atoms with E-state index in [2.05, 4.69) is 41.4 Å². The van der Waals surface area contributed by atoms with Crippen LogP contribution in [0.3, 0.4) is 0 Å². The van der Waals surface area contributed by atoms with Crippen LogP contribution in [0.15, 0.2) is 23.2 Å². The molecule has 1 rings (SSSR count). The van der Waals surface area contributed by atoms with Crippen molar-refractivity contribution in [2.45, 2.75) is 27.7 Å². The van der Waals surface area contributed by atoms with Gasteiger partial charge in [0.2, 0.25) is 0 Å². The molecule has 1 heterocycles. The van der Waals surface area contributed by atoms with E-state index in [1.54, 1.807) is 11.3 Å². The number of nitrogens with zero attached hydrogens (tertiary/aromatic N) is 1. The quantitative estimate of drug-likeness (QED) is 0.615. The van der Waals surface area contributed by atoms with Crippen LogP contribution in [0.1, 0.15) is 43.7 Å². The van der Waals surface area contributed by atoms with Crippen LogP contribution < -0.4 is 0 Å². The van der Waals surface area contributed by atoms with Gasteiger partial charge < -0.3 is 0 Å². The predicted molar refractivity (Wildman–Crippen MR) is 82.3 cm³/mol. The smallest absolute Gasteiger partial charge is 0.123 e. The zero-order valence-electron chi connectivity index (χ0n) is 10.9. The Morgan fingerprint density at radius 1 is 0.824 bits per heavy atom. The van der Waals surface area contributed by atoms with Gasteiger partial charge in [-0.05, 0) is 33.8 Å². The lowest BCUT2D eigenvalue weighted by atomic mass is 10.1. The van der Waals surface area contributed by atoms with E-state index >= 15 is 0 Å². The van der Waals surface area contributed by atoms with Gasteiger partial charge in [0, 0.05) is 22.2 Å². The van der Waals surface area contributed by atoms with Gasteiger partial charge in [-0.3, -0.25) is 0 Å². The standard InChI is InChI=1S/C15H19NS/c1-5-9-12-13(10-6-2)15(16-8-4)17-14(12)11-7-3/h5-11H,1-4H3/b9-5-,10-6-,11-7-,16-8?. The minimum Gasteiger partial charge on any atom is -0.250 e. The molecule has 0 bridgehead atoms. The van der Waals surface area contributed by atoms with Crippen molar-refractivity contribution in [1.29, 1.82) is 0 Å². The third-order valence-corrected chi connectivity index (χ3v) is 3.32. The van der Waals surface area contributed by atoms with E-state index in [1.165, 1.54) is 16.0 Å². The summed E-state index contributed by atoms with van der Waals surface area (Å²) in [5.41, 5.74) is 2.47. The molecule has 0 aliphatic rings. The van der Waals surface area contributed by atoms with E-state index < -0.39 is 0 Å². The van der Waals surface area contributed by atoms with Crippen LogP contribution in [0.5, 0.6) is 0 Å². The minimum absolute atomic E-state index is 1.08. The molecule has 0 saturated carbocycles. The molecule has 1 aromatic rings. The first-order valence-electron chi connectivity index (χ1n) is 5.82. The molecule has 0 unspecified atom stereocenters. The topological polar surface area (TPSA) is 12.4 Å². The van der Waals surface area contributed by atoms with Crippen LogP contribution in [0.4, 0.5) is 5.00 Å². The Morgan fingerprint density at radius 2 is 1.41 bits per heavy atom. The Bertz CT molecular complexity index is 431. The normalized spacial score (nSPS) is 12.9. The highest BCUT2D eigenvalue weighted by Gasteiger charge is 2.11. The number of rotatable bonds is 4. The van der Waals surface area contributed by atoms with Crippen molar-refractivity contribution in [3.8, 4) is 0 Å². The Hall–Kier alpha value is -1.41.